The molecule has 5 heteroatoms. The highest BCUT2D eigenvalue weighted by Crippen LogP contribution is 2.22. The lowest BCUT2D eigenvalue weighted by Crippen LogP contribution is -2.32. The molecule has 4 nitrogen and oxygen atoms in total. The molecule has 0 heterocycles. The first-order valence-corrected chi connectivity index (χ1v) is 9.43. The monoisotopic (exact) mass is 393 g/mol. The van der Waals surface area contributed by atoms with E-state index in [0.29, 0.717) is 13.0 Å². The molecule has 0 aliphatic heterocycles. The minimum absolute atomic E-state index is 0.0367. The van der Waals surface area contributed by atoms with Crippen LogP contribution in [0, 0.1) is 5.82 Å². The van der Waals surface area contributed by atoms with Crippen molar-refractivity contribution in [2.45, 2.75) is 19.1 Å². The van der Waals surface area contributed by atoms with Gasteiger partial charge in [-0.05, 0) is 47.4 Å². The Balaban J connectivity index is 1.64. The predicted octanol–water partition coefficient (Wildman–Crippen LogP) is 4.45. The first-order valence-electron chi connectivity index (χ1n) is 9.43. The van der Waals surface area contributed by atoms with Gasteiger partial charge in [-0.15, -0.1) is 0 Å². The van der Waals surface area contributed by atoms with Gasteiger partial charge in [0.1, 0.15) is 18.2 Å². The lowest BCUT2D eigenvalue weighted by atomic mass is 9.98. The maximum Gasteiger partial charge on any atom is 0.246 e. The topological polar surface area (TPSA) is 47.6 Å². The smallest absolute Gasteiger partial charge is 0.246 e. The van der Waals surface area contributed by atoms with Crippen molar-refractivity contribution in [3.63, 3.8) is 0 Å². The van der Waals surface area contributed by atoms with Gasteiger partial charge in [0.05, 0.1) is 19.8 Å². The molecule has 0 spiro atoms. The Morgan fingerprint density at radius 2 is 1.62 bits per heavy atom. The third-order valence-corrected chi connectivity index (χ3v) is 4.55. The number of nitrogens with one attached hydrogen (secondary N) is 1. The molecule has 1 amide bonds. The van der Waals surface area contributed by atoms with Gasteiger partial charge >= 0.3 is 0 Å². The van der Waals surface area contributed by atoms with Crippen LogP contribution in [0.2, 0.25) is 0 Å². The van der Waals surface area contributed by atoms with E-state index in [1.54, 1.807) is 19.2 Å². The minimum atomic E-state index is -0.284. The maximum atomic E-state index is 13.2. The second-order valence-corrected chi connectivity index (χ2v) is 6.70. The standard InChI is InChI=1S/C24H24FNO3/c1-28-22-13-9-20(10-14-22)23(15-18-7-11-21(25)12-8-18)26-24(27)17-29-16-19-5-3-2-4-6-19/h2-14,23H,15-17H2,1H3,(H,26,27). The van der Waals surface area contributed by atoms with Gasteiger partial charge in [-0.2, -0.15) is 0 Å². The number of amides is 1. The largest absolute Gasteiger partial charge is 0.497 e. The van der Waals surface area contributed by atoms with Crippen LogP contribution in [0.15, 0.2) is 78.9 Å². The molecule has 0 aromatic heterocycles. The fraction of sp³-hybridized carbons (Fsp3) is 0.208. The summed E-state index contributed by atoms with van der Waals surface area (Å²) in [6.07, 6.45) is 0.539. The van der Waals surface area contributed by atoms with Gasteiger partial charge in [-0.3, -0.25) is 4.79 Å². The number of benzene rings is 3. The van der Waals surface area contributed by atoms with Gasteiger partial charge in [-0.25, -0.2) is 4.39 Å². The van der Waals surface area contributed by atoms with Gasteiger partial charge in [0.15, 0.2) is 0 Å². The Labute approximate surface area is 170 Å². The third kappa shape index (κ3) is 6.43. The van der Waals surface area contributed by atoms with Crippen molar-refractivity contribution in [2.24, 2.45) is 0 Å². The number of hydrogen-bond acceptors (Lipinski definition) is 3. The van der Waals surface area contributed by atoms with Crippen molar-refractivity contribution in [2.75, 3.05) is 13.7 Å². The zero-order valence-electron chi connectivity index (χ0n) is 16.3. The Hall–Kier alpha value is -3.18. The molecule has 0 saturated carbocycles. The molecule has 0 aliphatic carbocycles. The van der Waals surface area contributed by atoms with E-state index in [1.807, 2.05) is 54.6 Å². The summed E-state index contributed by atoms with van der Waals surface area (Å²) >= 11 is 0. The van der Waals surface area contributed by atoms with Crippen molar-refractivity contribution in [3.8, 4) is 5.75 Å². The molecule has 0 aliphatic rings. The van der Waals surface area contributed by atoms with Crippen LogP contribution in [0.25, 0.3) is 0 Å². The van der Waals surface area contributed by atoms with E-state index in [0.717, 1.165) is 22.4 Å². The second kappa shape index (κ2) is 10.4. The quantitative estimate of drug-likeness (QED) is 0.584. The number of methoxy groups -OCH3 is 1. The van der Waals surface area contributed by atoms with E-state index in [1.165, 1.54) is 12.1 Å². The normalized spacial score (nSPS) is 11.7. The second-order valence-electron chi connectivity index (χ2n) is 6.70. The third-order valence-electron chi connectivity index (χ3n) is 4.55. The minimum Gasteiger partial charge on any atom is -0.497 e. The van der Waals surface area contributed by atoms with Crippen LogP contribution >= 0.6 is 0 Å². The Morgan fingerprint density at radius 3 is 2.28 bits per heavy atom. The average molecular weight is 393 g/mol. The molecule has 0 saturated heterocycles. The number of carbonyl (C=O) groups is 1. The number of hydrogen-bond donors (Lipinski definition) is 1. The summed E-state index contributed by atoms with van der Waals surface area (Å²) in [5.41, 5.74) is 2.88. The lowest BCUT2D eigenvalue weighted by Gasteiger charge is -2.20. The summed E-state index contributed by atoms with van der Waals surface area (Å²) in [7, 11) is 1.61. The maximum absolute atomic E-state index is 13.2. The van der Waals surface area contributed by atoms with Gasteiger partial charge in [0.2, 0.25) is 5.91 Å². The molecule has 29 heavy (non-hydrogen) atoms. The Morgan fingerprint density at radius 1 is 0.931 bits per heavy atom. The number of carbonyl (C=O) groups excluding carboxylic acids is 1. The van der Waals surface area contributed by atoms with Crippen LogP contribution in [-0.4, -0.2) is 19.6 Å². The lowest BCUT2D eigenvalue weighted by molar-refractivity contribution is -0.126. The summed E-state index contributed by atoms with van der Waals surface area (Å²) in [4.78, 5) is 12.5. The molecule has 0 fully saturated rings. The molecule has 1 atom stereocenters. The van der Waals surface area contributed by atoms with Gasteiger partial charge < -0.3 is 14.8 Å². The number of ether oxygens (including phenoxy) is 2. The summed E-state index contributed by atoms with van der Waals surface area (Å²) in [5, 5.41) is 3.02. The first kappa shape index (κ1) is 20.6. The molecule has 3 aromatic rings. The van der Waals surface area contributed by atoms with Gasteiger partial charge in [-0.1, -0.05) is 54.6 Å². The Kier molecular flexibility index (Phi) is 7.36. The molecule has 3 aromatic carbocycles. The Bertz CT molecular complexity index is 896. The molecule has 0 radical (unpaired) electrons. The molecule has 1 unspecified atom stereocenters. The fourth-order valence-corrected chi connectivity index (χ4v) is 3.02. The highest BCUT2D eigenvalue weighted by molar-refractivity contribution is 5.77. The van der Waals surface area contributed by atoms with Gasteiger partial charge in [0.25, 0.3) is 0 Å². The highest BCUT2D eigenvalue weighted by atomic mass is 19.1. The predicted molar refractivity (Wildman–Crippen MR) is 110 cm³/mol. The molecule has 1 N–H and O–H groups in total. The molecule has 150 valence electrons. The van der Waals surface area contributed by atoms with Crippen LogP contribution in [0.3, 0.4) is 0 Å². The average Bonchev–Trinajstić information content (AvgIpc) is 2.75. The van der Waals surface area contributed by atoms with Crippen molar-refractivity contribution < 1.29 is 18.7 Å². The van der Waals surface area contributed by atoms with Gasteiger partial charge in [0, 0.05) is 0 Å². The summed E-state index contributed by atoms with van der Waals surface area (Å²) < 4.78 is 24.0. The van der Waals surface area contributed by atoms with Crippen molar-refractivity contribution in [1.82, 2.24) is 5.32 Å². The van der Waals surface area contributed by atoms with E-state index >= 15 is 0 Å². The van der Waals surface area contributed by atoms with E-state index in [4.69, 9.17) is 9.47 Å². The van der Waals surface area contributed by atoms with E-state index < -0.39 is 0 Å². The van der Waals surface area contributed by atoms with E-state index in [2.05, 4.69) is 5.32 Å². The van der Waals surface area contributed by atoms with Crippen molar-refractivity contribution in [3.05, 3.63) is 101 Å². The fourth-order valence-electron chi connectivity index (χ4n) is 3.02. The van der Waals surface area contributed by atoms with Crippen LogP contribution in [0.5, 0.6) is 5.75 Å². The SMILES string of the molecule is COc1ccc(C(Cc2ccc(F)cc2)NC(=O)COCc2ccccc2)cc1. The van der Waals surface area contributed by atoms with Crippen LogP contribution in [0.4, 0.5) is 4.39 Å². The summed E-state index contributed by atoms with van der Waals surface area (Å²) in [6.45, 7) is 0.338. The first-order chi connectivity index (χ1) is 14.1. The van der Waals surface area contributed by atoms with E-state index in [9.17, 15) is 9.18 Å². The zero-order valence-corrected chi connectivity index (χ0v) is 16.3. The molecular weight excluding hydrogens is 369 g/mol. The summed E-state index contributed by atoms with van der Waals surface area (Å²) in [5.74, 6) is 0.253. The van der Waals surface area contributed by atoms with Crippen LogP contribution < -0.4 is 10.1 Å². The zero-order chi connectivity index (χ0) is 20.5. The van der Waals surface area contributed by atoms with Crippen molar-refractivity contribution >= 4 is 5.91 Å². The molecule has 3 rings (SSSR count). The van der Waals surface area contributed by atoms with Crippen LogP contribution in [-0.2, 0) is 22.6 Å². The van der Waals surface area contributed by atoms with Crippen molar-refractivity contribution in [1.29, 1.82) is 0 Å². The van der Waals surface area contributed by atoms with E-state index in [-0.39, 0.29) is 24.4 Å². The number of halogens is 1. The molecular formula is C24H24FNO3. The highest BCUT2D eigenvalue weighted by Gasteiger charge is 2.16. The summed E-state index contributed by atoms with van der Waals surface area (Å²) in [6, 6.07) is 23.3. The number of rotatable bonds is 9. The molecule has 0 bridgehead atoms. The van der Waals surface area contributed by atoms with Crippen LogP contribution in [0.1, 0.15) is 22.7 Å².